The van der Waals surface area contributed by atoms with Crippen LogP contribution in [0.3, 0.4) is 0 Å². The summed E-state index contributed by atoms with van der Waals surface area (Å²) in [5, 5.41) is 2.88. The molecule has 0 radical (unpaired) electrons. The van der Waals surface area contributed by atoms with Crippen LogP contribution in [0, 0.1) is 19.7 Å². The summed E-state index contributed by atoms with van der Waals surface area (Å²) in [6.45, 7) is 3.74. The second-order valence-electron chi connectivity index (χ2n) is 4.55. The van der Waals surface area contributed by atoms with Gasteiger partial charge in [-0.25, -0.2) is 9.37 Å². The predicted molar refractivity (Wildman–Crippen MR) is 89.3 cm³/mol. The summed E-state index contributed by atoms with van der Waals surface area (Å²) in [7, 11) is 0. The molecule has 0 saturated carbocycles. The molecule has 2 rings (SSSR count). The van der Waals surface area contributed by atoms with Crippen molar-refractivity contribution in [2.45, 2.75) is 13.8 Å². The van der Waals surface area contributed by atoms with Gasteiger partial charge in [0.25, 0.3) is 0 Å². The third-order valence-electron chi connectivity index (χ3n) is 2.84. The molecule has 0 saturated heterocycles. The van der Waals surface area contributed by atoms with Gasteiger partial charge in [0.1, 0.15) is 10.8 Å². The van der Waals surface area contributed by atoms with Gasteiger partial charge in [0.05, 0.1) is 15.6 Å². The van der Waals surface area contributed by atoms with Gasteiger partial charge in [-0.1, -0.05) is 35.4 Å². The molecule has 0 atom stereocenters. The lowest BCUT2D eigenvalue weighted by molar-refractivity contribution is 0.629. The summed E-state index contributed by atoms with van der Waals surface area (Å²) in [5.41, 5.74) is 8.58. The smallest absolute Gasteiger partial charge is 0.160 e. The zero-order valence-corrected chi connectivity index (χ0v) is 13.6. The normalized spacial score (nSPS) is 10.5. The highest BCUT2D eigenvalue weighted by Gasteiger charge is 2.14. The maximum Gasteiger partial charge on any atom is 0.160 e. The van der Waals surface area contributed by atoms with Crippen LogP contribution in [0.25, 0.3) is 0 Å². The van der Waals surface area contributed by atoms with Crippen LogP contribution in [0.15, 0.2) is 18.2 Å². The van der Waals surface area contributed by atoms with E-state index in [1.165, 1.54) is 12.1 Å². The quantitative estimate of drug-likeness (QED) is 0.635. The number of aromatic nitrogens is 1. The van der Waals surface area contributed by atoms with E-state index >= 15 is 0 Å². The van der Waals surface area contributed by atoms with Gasteiger partial charge < -0.3 is 11.1 Å². The van der Waals surface area contributed by atoms with Gasteiger partial charge >= 0.3 is 0 Å². The lowest BCUT2D eigenvalue weighted by Crippen LogP contribution is -2.15. The second-order valence-corrected chi connectivity index (χ2v) is 5.80. The van der Waals surface area contributed by atoms with Crippen molar-refractivity contribution in [1.82, 2.24) is 4.98 Å². The van der Waals surface area contributed by atoms with Crippen LogP contribution < -0.4 is 11.1 Å². The van der Waals surface area contributed by atoms with Gasteiger partial charge in [-0.3, -0.25) is 0 Å². The zero-order chi connectivity index (χ0) is 15.7. The molecule has 3 N–H and O–H groups in total. The lowest BCUT2D eigenvalue weighted by Gasteiger charge is -2.14. The van der Waals surface area contributed by atoms with E-state index < -0.39 is 5.82 Å². The first kappa shape index (κ1) is 15.9. The Hall–Kier alpha value is -1.43. The Morgan fingerprint density at radius 3 is 2.33 bits per heavy atom. The average Bonchev–Trinajstić information content (AvgIpc) is 2.34. The number of halogens is 3. The van der Waals surface area contributed by atoms with E-state index in [1.54, 1.807) is 0 Å². The molecule has 0 bridgehead atoms. The first-order valence-electron chi connectivity index (χ1n) is 5.99. The molecule has 0 fully saturated rings. The number of hydrogen-bond acceptors (Lipinski definition) is 3. The standard InChI is InChI=1S/C14H12Cl2FN3S/c1-6-3-7(2)19-14(11(6)13(18)21)20-8-4-9(15)12(17)10(16)5-8/h3-5H,1-2H3,(H2,18,21)(H,19,20). The number of aryl methyl sites for hydroxylation is 2. The van der Waals surface area contributed by atoms with Crippen molar-refractivity contribution < 1.29 is 4.39 Å². The van der Waals surface area contributed by atoms with Gasteiger partial charge in [0.15, 0.2) is 5.82 Å². The molecule has 0 aliphatic rings. The monoisotopic (exact) mass is 343 g/mol. The van der Waals surface area contributed by atoms with Crippen LogP contribution in [0.1, 0.15) is 16.8 Å². The number of thiocarbonyl (C=S) groups is 1. The van der Waals surface area contributed by atoms with Gasteiger partial charge in [0.2, 0.25) is 0 Å². The van der Waals surface area contributed by atoms with Crippen LogP contribution >= 0.6 is 35.4 Å². The van der Waals surface area contributed by atoms with E-state index in [9.17, 15) is 4.39 Å². The van der Waals surface area contributed by atoms with Crippen molar-refractivity contribution in [3.8, 4) is 0 Å². The molecule has 2 aromatic rings. The van der Waals surface area contributed by atoms with E-state index in [0.29, 0.717) is 17.1 Å². The van der Waals surface area contributed by atoms with Crippen LogP contribution in [0.2, 0.25) is 10.0 Å². The molecule has 0 unspecified atom stereocenters. The van der Waals surface area contributed by atoms with Crippen molar-refractivity contribution in [1.29, 1.82) is 0 Å². The number of nitrogens with two attached hydrogens (primary N) is 1. The third kappa shape index (κ3) is 3.43. The summed E-state index contributed by atoms with van der Waals surface area (Å²) in [6.07, 6.45) is 0. The van der Waals surface area contributed by atoms with Gasteiger partial charge in [0, 0.05) is 11.4 Å². The Balaban J connectivity index is 2.51. The fourth-order valence-corrected chi connectivity index (χ4v) is 2.75. The molecular formula is C14H12Cl2FN3S. The fraction of sp³-hybridized carbons (Fsp3) is 0.143. The predicted octanol–water partition coefficient (Wildman–Crippen LogP) is 4.52. The molecule has 110 valence electrons. The van der Waals surface area contributed by atoms with Crippen molar-refractivity contribution in [3.05, 3.63) is 50.9 Å². The highest BCUT2D eigenvalue weighted by Crippen LogP contribution is 2.30. The lowest BCUT2D eigenvalue weighted by atomic mass is 10.1. The van der Waals surface area contributed by atoms with Crippen LogP contribution in [0.5, 0.6) is 0 Å². The van der Waals surface area contributed by atoms with Crippen LogP contribution in [0.4, 0.5) is 15.9 Å². The van der Waals surface area contributed by atoms with E-state index in [0.717, 1.165) is 11.3 Å². The number of anilines is 2. The van der Waals surface area contributed by atoms with Crippen molar-refractivity contribution in [3.63, 3.8) is 0 Å². The number of pyridine rings is 1. The first-order valence-corrected chi connectivity index (χ1v) is 7.15. The maximum atomic E-state index is 13.4. The van der Waals surface area contributed by atoms with Gasteiger partial charge in [-0.2, -0.15) is 0 Å². The minimum Gasteiger partial charge on any atom is -0.389 e. The van der Waals surface area contributed by atoms with E-state index in [4.69, 9.17) is 41.2 Å². The van der Waals surface area contributed by atoms with Crippen LogP contribution in [-0.2, 0) is 0 Å². The number of hydrogen-bond donors (Lipinski definition) is 2. The number of nitrogens with zero attached hydrogens (tertiary/aromatic N) is 1. The Bertz CT molecular complexity index is 711. The maximum absolute atomic E-state index is 13.4. The largest absolute Gasteiger partial charge is 0.389 e. The molecule has 21 heavy (non-hydrogen) atoms. The number of benzene rings is 1. The summed E-state index contributed by atoms with van der Waals surface area (Å²) in [6, 6.07) is 4.72. The molecular weight excluding hydrogens is 332 g/mol. The van der Waals surface area contributed by atoms with E-state index in [2.05, 4.69) is 10.3 Å². The van der Waals surface area contributed by atoms with Crippen LogP contribution in [-0.4, -0.2) is 9.97 Å². The molecule has 1 heterocycles. The highest BCUT2D eigenvalue weighted by atomic mass is 35.5. The first-order chi connectivity index (χ1) is 9.79. The van der Waals surface area contributed by atoms with E-state index in [-0.39, 0.29) is 15.0 Å². The minimum atomic E-state index is -0.660. The van der Waals surface area contributed by atoms with Gasteiger partial charge in [-0.15, -0.1) is 0 Å². The third-order valence-corrected chi connectivity index (χ3v) is 3.59. The minimum absolute atomic E-state index is 0.0775. The molecule has 0 aliphatic carbocycles. The Kier molecular flexibility index (Phi) is 4.66. The number of nitrogens with one attached hydrogen (secondary N) is 1. The van der Waals surface area contributed by atoms with Gasteiger partial charge in [-0.05, 0) is 37.6 Å². The zero-order valence-electron chi connectivity index (χ0n) is 11.3. The number of rotatable bonds is 3. The Morgan fingerprint density at radius 2 is 1.81 bits per heavy atom. The summed E-state index contributed by atoms with van der Waals surface area (Å²) in [4.78, 5) is 4.60. The Morgan fingerprint density at radius 1 is 1.24 bits per heavy atom. The molecule has 1 aromatic carbocycles. The molecule has 0 aliphatic heterocycles. The van der Waals surface area contributed by atoms with Crippen molar-refractivity contribution in [2.24, 2.45) is 5.73 Å². The van der Waals surface area contributed by atoms with E-state index in [1.807, 2.05) is 19.9 Å². The molecule has 1 aromatic heterocycles. The average molecular weight is 344 g/mol. The Labute approximate surface area is 137 Å². The molecule has 0 amide bonds. The second kappa shape index (κ2) is 6.13. The van der Waals surface area contributed by atoms with Crippen molar-refractivity contribution >= 4 is 51.9 Å². The molecule has 3 nitrogen and oxygen atoms in total. The highest BCUT2D eigenvalue weighted by molar-refractivity contribution is 7.80. The summed E-state index contributed by atoms with van der Waals surface area (Å²) >= 11 is 16.6. The SMILES string of the molecule is Cc1cc(C)c(C(N)=S)c(Nc2cc(Cl)c(F)c(Cl)c2)n1. The van der Waals surface area contributed by atoms with Crippen molar-refractivity contribution in [2.75, 3.05) is 5.32 Å². The topological polar surface area (TPSA) is 50.9 Å². The summed E-state index contributed by atoms with van der Waals surface area (Å²) in [5.74, 6) is -0.175. The molecule has 0 spiro atoms. The molecule has 7 heteroatoms. The fourth-order valence-electron chi connectivity index (χ4n) is 2.00. The summed E-state index contributed by atoms with van der Waals surface area (Å²) < 4.78 is 13.4.